The third-order valence-corrected chi connectivity index (χ3v) is 5.05. The summed E-state index contributed by atoms with van der Waals surface area (Å²) >= 11 is 0. The van der Waals surface area contributed by atoms with Crippen LogP contribution in [-0.4, -0.2) is 0 Å². The molecule has 0 aromatic heterocycles. The molecule has 13 heavy (non-hydrogen) atoms. The van der Waals surface area contributed by atoms with E-state index in [4.69, 9.17) is 0 Å². The first-order valence-electron chi connectivity index (χ1n) is 6.43. The summed E-state index contributed by atoms with van der Waals surface area (Å²) in [6, 6.07) is 0. The van der Waals surface area contributed by atoms with E-state index in [1.807, 2.05) is 0 Å². The molecule has 2 atom stereocenters. The van der Waals surface area contributed by atoms with Crippen LogP contribution in [0.5, 0.6) is 0 Å². The SMILES string of the molecule is C1CC(CC2C3CCCCC2C3)C1. The quantitative estimate of drug-likeness (QED) is 0.599. The van der Waals surface area contributed by atoms with Crippen LogP contribution in [0.2, 0.25) is 0 Å². The number of hydrogen-bond donors (Lipinski definition) is 0. The first-order valence-corrected chi connectivity index (χ1v) is 6.43. The smallest absolute Gasteiger partial charge is 0.0355 e. The maximum absolute atomic E-state index is 1.62. The average Bonchev–Trinajstić information content (AvgIpc) is 2.34. The van der Waals surface area contributed by atoms with Crippen molar-refractivity contribution < 1.29 is 0 Å². The van der Waals surface area contributed by atoms with E-state index in [1.54, 1.807) is 51.4 Å². The van der Waals surface area contributed by atoms with Crippen LogP contribution in [0.15, 0.2) is 0 Å². The third kappa shape index (κ3) is 1.43. The first-order chi connectivity index (χ1) is 6.43. The standard InChI is InChI=1S/C13H22/c1-2-7-12-9-11(6-1)13(12)8-10-4-3-5-10/h10-13H,1-9H2. The molecule has 3 aliphatic carbocycles. The molecule has 0 saturated heterocycles. The Hall–Kier alpha value is 0. The summed E-state index contributed by atoms with van der Waals surface area (Å²) in [7, 11) is 0. The van der Waals surface area contributed by atoms with Gasteiger partial charge in [-0.1, -0.05) is 44.9 Å². The highest BCUT2D eigenvalue weighted by molar-refractivity contribution is 4.93. The zero-order valence-corrected chi connectivity index (χ0v) is 8.67. The molecule has 2 unspecified atom stereocenters. The molecule has 0 amide bonds. The molecule has 0 aliphatic heterocycles. The molecule has 3 rings (SSSR count). The normalized spacial score (nSPS) is 44.8. The number of hydrogen-bond acceptors (Lipinski definition) is 0. The topological polar surface area (TPSA) is 0 Å². The predicted octanol–water partition coefficient (Wildman–Crippen LogP) is 4.00. The van der Waals surface area contributed by atoms with Gasteiger partial charge in [0.2, 0.25) is 0 Å². The van der Waals surface area contributed by atoms with Gasteiger partial charge in [0.05, 0.1) is 0 Å². The summed E-state index contributed by atoms with van der Waals surface area (Å²) in [5.74, 6) is 4.70. The van der Waals surface area contributed by atoms with Crippen molar-refractivity contribution in [2.45, 2.75) is 57.8 Å². The molecular weight excluding hydrogens is 156 g/mol. The second-order valence-corrected chi connectivity index (χ2v) is 5.74. The maximum atomic E-state index is 1.62. The Morgan fingerprint density at radius 3 is 2.00 bits per heavy atom. The summed E-state index contributed by atoms with van der Waals surface area (Å²) in [4.78, 5) is 0. The molecule has 0 heteroatoms. The minimum atomic E-state index is 1.16. The fourth-order valence-corrected chi connectivity index (χ4v) is 3.90. The van der Waals surface area contributed by atoms with Crippen molar-refractivity contribution in [1.29, 1.82) is 0 Å². The Kier molecular flexibility index (Phi) is 2.11. The van der Waals surface area contributed by atoms with Gasteiger partial charge in [-0.25, -0.2) is 0 Å². The minimum Gasteiger partial charge on any atom is -0.0530 e. The molecule has 3 aliphatic rings. The van der Waals surface area contributed by atoms with Gasteiger partial charge >= 0.3 is 0 Å². The lowest BCUT2D eigenvalue weighted by Gasteiger charge is -2.46. The molecular formula is C13H22. The molecule has 0 nitrogen and oxygen atoms in total. The summed E-state index contributed by atoms with van der Waals surface area (Å²) in [5.41, 5.74) is 0. The molecule has 0 aromatic rings. The first kappa shape index (κ1) is 8.32. The fourth-order valence-electron chi connectivity index (χ4n) is 3.90. The largest absolute Gasteiger partial charge is 0.0530 e. The zero-order chi connectivity index (χ0) is 8.67. The molecule has 3 fully saturated rings. The molecule has 0 aromatic carbocycles. The zero-order valence-electron chi connectivity index (χ0n) is 8.67. The van der Waals surface area contributed by atoms with Crippen molar-refractivity contribution in [1.82, 2.24) is 0 Å². The van der Waals surface area contributed by atoms with Crippen molar-refractivity contribution in [3.8, 4) is 0 Å². The van der Waals surface area contributed by atoms with Crippen LogP contribution in [0.1, 0.15) is 57.8 Å². The van der Waals surface area contributed by atoms with Crippen LogP contribution < -0.4 is 0 Å². The summed E-state index contributed by atoms with van der Waals surface area (Å²) < 4.78 is 0. The van der Waals surface area contributed by atoms with Crippen LogP contribution in [0, 0.1) is 23.7 Å². The lowest BCUT2D eigenvalue weighted by Crippen LogP contribution is -2.37. The molecule has 0 radical (unpaired) electrons. The Morgan fingerprint density at radius 2 is 1.46 bits per heavy atom. The number of rotatable bonds is 2. The van der Waals surface area contributed by atoms with E-state index in [9.17, 15) is 0 Å². The van der Waals surface area contributed by atoms with Crippen molar-refractivity contribution in [2.24, 2.45) is 23.7 Å². The van der Waals surface area contributed by atoms with E-state index < -0.39 is 0 Å². The van der Waals surface area contributed by atoms with E-state index >= 15 is 0 Å². The lowest BCUT2D eigenvalue weighted by molar-refractivity contribution is 0.0392. The van der Waals surface area contributed by atoms with Crippen molar-refractivity contribution in [3.63, 3.8) is 0 Å². The van der Waals surface area contributed by atoms with Gasteiger partial charge < -0.3 is 0 Å². The van der Waals surface area contributed by atoms with E-state index in [0.29, 0.717) is 0 Å². The molecule has 2 bridgehead atoms. The van der Waals surface area contributed by atoms with Gasteiger partial charge in [-0.15, -0.1) is 0 Å². The molecule has 3 saturated carbocycles. The highest BCUT2D eigenvalue weighted by atomic mass is 14.5. The van der Waals surface area contributed by atoms with Crippen LogP contribution in [-0.2, 0) is 0 Å². The third-order valence-electron chi connectivity index (χ3n) is 5.05. The molecule has 74 valence electrons. The van der Waals surface area contributed by atoms with Gasteiger partial charge in [0.25, 0.3) is 0 Å². The number of fused-ring (bicyclic) bond motifs is 2. The molecule has 0 spiro atoms. The van der Waals surface area contributed by atoms with Crippen LogP contribution in [0.4, 0.5) is 0 Å². The Labute approximate surface area is 82.1 Å². The predicted molar refractivity (Wildman–Crippen MR) is 55.5 cm³/mol. The van der Waals surface area contributed by atoms with Crippen LogP contribution >= 0.6 is 0 Å². The minimum absolute atomic E-state index is 1.16. The summed E-state index contributed by atoms with van der Waals surface area (Å²) in [6.45, 7) is 0. The molecule has 0 N–H and O–H groups in total. The average molecular weight is 178 g/mol. The van der Waals surface area contributed by atoms with Crippen LogP contribution in [0.3, 0.4) is 0 Å². The highest BCUT2D eigenvalue weighted by Gasteiger charge is 2.42. The summed E-state index contributed by atoms with van der Waals surface area (Å²) in [6.07, 6.45) is 14.1. The Morgan fingerprint density at radius 1 is 0.769 bits per heavy atom. The van der Waals surface area contributed by atoms with Gasteiger partial charge in [-0.05, 0) is 36.5 Å². The van der Waals surface area contributed by atoms with E-state index in [0.717, 1.165) is 5.92 Å². The van der Waals surface area contributed by atoms with E-state index in [1.165, 1.54) is 24.2 Å². The maximum Gasteiger partial charge on any atom is -0.0355 e. The monoisotopic (exact) mass is 178 g/mol. The Balaban J connectivity index is 1.57. The lowest BCUT2D eigenvalue weighted by atomic mass is 9.59. The summed E-state index contributed by atoms with van der Waals surface area (Å²) in [5, 5.41) is 0. The van der Waals surface area contributed by atoms with Crippen LogP contribution in [0.25, 0.3) is 0 Å². The van der Waals surface area contributed by atoms with Gasteiger partial charge in [0.15, 0.2) is 0 Å². The Bertz CT molecular complexity index is 164. The van der Waals surface area contributed by atoms with Crippen molar-refractivity contribution >= 4 is 0 Å². The van der Waals surface area contributed by atoms with Gasteiger partial charge in [-0.3, -0.25) is 0 Å². The second kappa shape index (κ2) is 3.29. The molecule has 0 heterocycles. The van der Waals surface area contributed by atoms with Gasteiger partial charge in [0, 0.05) is 0 Å². The second-order valence-electron chi connectivity index (χ2n) is 5.74. The van der Waals surface area contributed by atoms with Gasteiger partial charge in [0.1, 0.15) is 0 Å². The highest BCUT2D eigenvalue weighted by Crippen LogP contribution is 2.53. The fraction of sp³-hybridized carbons (Fsp3) is 1.00. The van der Waals surface area contributed by atoms with Gasteiger partial charge in [-0.2, -0.15) is 0 Å². The van der Waals surface area contributed by atoms with E-state index in [2.05, 4.69) is 0 Å². The van der Waals surface area contributed by atoms with E-state index in [-0.39, 0.29) is 0 Å². The van der Waals surface area contributed by atoms with Crippen molar-refractivity contribution in [2.75, 3.05) is 0 Å². The van der Waals surface area contributed by atoms with Crippen molar-refractivity contribution in [3.05, 3.63) is 0 Å².